The van der Waals surface area contributed by atoms with Crippen molar-refractivity contribution in [2.24, 2.45) is 5.92 Å². The third-order valence-corrected chi connectivity index (χ3v) is 6.28. The van der Waals surface area contributed by atoms with E-state index in [2.05, 4.69) is 38.7 Å². The first-order valence-electron chi connectivity index (χ1n) is 12.4. The molecule has 2 unspecified atom stereocenters. The molecule has 0 spiro atoms. The summed E-state index contributed by atoms with van der Waals surface area (Å²) in [4.78, 5) is 15.8. The quantitative estimate of drug-likeness (QED) is 0.518. The summed E-state index contributed by atoms with van der Waals surface area (Å²) >= 11 is 0. The molecule has 5 heteroatoms. The van der Waals surface area contributed by atoms with E-state index in [1.807, 2.05) is 6.92 Å². The van der Waals surface area contributed by atoms with Gasteiger partial charge in [0.2, 0.25) is 0 Å². The highest BCUT2D eigenvalue weighted by molar-refractivity contribution is 5.97. The van der Waals surface area contributed by atoms with Crippen molar-refractivity contribution < 1.29 is 19.0 Å². The van der Waals surface area contributed by atoms with Crippen molar-refractivity contribution in [1.82, 2.24) is 4.90 Å². The van der Waals surface area contributed by atoms with Crippen LogP contribution in [0.2, 0.25) is 0 Å². The number of ether oxygens (including phenoxy) is 3. The summed E-state index contributed by atoms with van der Waals surface area (Å²) in [5.41, 5.74) is 2.18. The lowest BCUT2D eigenvalue weighted by molar-refractivity contribution is -0.120. The Hall–Kier alpha value is -1.17. The predicted molar refractivity (Wildman–Crippen MR) is 126 cm³/mol. The summed E-state index contributed by atoms with van der Waals surface area (Å²) < 4.78 is 17.7. The van der Waals surface area contributed by atoms with Crippen LogP contribution in [-0.4, -0.2) is 62.3 Å². The average Bonchev–Trinajstić information content (AvgIpc) is 2.74. The van der Waals surface area contributed by atoms with Gasteiger partial charge in [0.1, 0.15) is 0 Å². The molecule has 178 valence electrons. The Kier molecular flexibility index (Phi) is 11.8. The van der Waals surface area contributed by atoms with Crippen LogP contribution in [0.3, 0.4) is 0 Å². The van der Waals surface area contributed by atoms with Crippen LogP contribution in [0.1, 0.15) is 79.6 Å². The molecule has 0 aromatic rings. The number of hydrogen-bond acceptors (Lipinski definition) is 5. The minimum Gasteiger partial charge on any atom is -0.495 e. The summed E-state index contributed by atoms with van der Waals surface area (Å²) in [5.74, 6) is 1.49. The zero-order chi connectivity index (χ0) is 22.6. The van der Waals surface area contributed by atoms with Crippen LogP contribution in [0.15, 0.2) is 23.0 Å². The van der Waals surface area contributed by atoms with Crippen molar-refractivity contribution in [3.05, 3.63) is 23.0 Å². The van der Waals surface area contributed by atoms with E-state index in [4.69, 9.17) is 14.2 Å². The molecule has 0 amide bonds. The number of ketones is 1. The molecule has 1 fully saturated rings. The number of allylic oxidation sites excluding steroid dienone is 3. The monoisotopic (exact) mass is 435 g/mol. The van der Waals surface area contributed by atoms with Gasteiger partial charge in [0.15, 0.2) is 5.78 Å². The number of Topliss-reactive ketones (excluding diaryl/α,β-unsaturated/α-hetero) is 1. The van der Waals surface area contributed by atoms with Crippen molar-refractivity contribution in [2.45, 2.75) is 91.8 Å². The van der Waals surface area contributed by atoms with Gasteiger partial charge in [0.05, 0.1) is 24.6 Å². The van der Waals surface area contributed by atoms with Crippen LogP contribution in [0.25, 0.3) is 0 Å². The Labute approximate surface area is 190 Å². The zero-order valence-corrected chi connectivity index (χ0v) is 20.6. The van der Waals surface area contributed by atoms with Crippen LogP contribution >= 0.6 is 0 Å². The molecule has 1 heterocycles. The fraction of sp³-hybridized carbons (Fsp3) is 0.808. The molecule has 1 aliphatic carbocycles. The Morgan fingerprint density at radius 3 is 2.68 bits per heavy atom. The summed E-state index contributed by atoms with van der Waals surface area (Å²) in [5, 5.41) is 0. The van der Waals surface area contributed by atoms with Crippen LogP contribution in [0.5, 0.6) is 0 Å². The predicted octanol–water partition coefficient (Wildman–Crippen LogP) is 5.30. The van der Waals surface area contributed by atoms with Crippen molar-refractivity contribution in [3.63, 3.8) is 0 Å². The highest BCUT2D eigenvalue weighted by Crippen LogP contribution is 2.30. The Morgan fingerprint density at radius 1 is 1.23 bits per heavy atom. The lowest BCUT2D eigenvalue weighted by atomic mass is 9.84. The summed E-state index contributed by atoms with van der Waals surface area (Å²) in [6.07, 6.45) is 8.92. The second-order valence-electron chi connectivity index (χ2n) is 9.23. The third-order valence-electron chi connectivity index (χ3n) is 6.28. The van der Waals surface area contributed by atoms with E-state index >= 15 is 0 Å². The van der Waals surface area contributed by atoms with E-state index < -0.39 is 0 Å². The first kappa shape index (κ1) is 26.1. The summed E-state index contributed by atoms with van der Waals surface area (Å²) in [6, 6.07) is 0. The van der Waals surface area contributed by atoms with E-state index in [-0.39, 0.29) is 18.1 Å². The highest BCUT2D eigenvalue weighted by atomic mass is 16.5. The molecule has 0 N–H and O–H groups in total. The minimum atomic E-state index is 0.107. The topological polar surface area (TPSA) is 48.0 Å². The average molecular weight is 436 g/mol. The highest BCUT2D eigenvalue weighted by Gasteiger charge is 2.25. The van der Waals surface area contributed by atoms with E-state index in [1.165, 1.54) is 5.57 Å². The molecular weight excluding hydrogens is 390 g/mol. The van der Waals surface area contributed by atoms with Gasteiger partial charge in [0.25, 0.3) is 0 Å². The molecule has 5 nitrogen and oxygen atoms in total. The normalized spacial score (nSPS) is 25.0. The Bertz CT molecular complexity index is 611. The van der Waals surface area contributed by atoms with Crippen LogP contribution in [0, 0.1) is 5.92 Å². The van der Waals surface area contributed by atoms with Gasteiger partial charge in [0, 0.05) is 32.1 Å². The van der Waals surface area contributed by atoms with Crippen LogP contribution in [0.4, 0.5) is 0 Å². The maximum atomic E-state index is 13.4. The minimum absolute atomic E-state index is 0.107. The van der Waals surface area contributed by atoms with E-state index in [1.54, 1.807) is 0 Å². The number of hydrogen-bond donors (Lipinski definition) is 0. The molecule has 1 aliphatic heterocycles. The molecule has 0 bridgehead atoms. The molecule has 1 saturated heterocycles. The number of carbonyl (C=O) groups excluding carboxylic acids is 1. The first-order valence-corrected chi connectivity index (χ1v) is 12.4. The van der Waals surface area contributed by atoms with Gasteiger partial charge in [-0.25, -0.2) is 0 Å². The number of nitrogens with zero attached hydrogens (tertiary/aromatic N) is 1. The molecule has 2 atom stereocenters. The second kappa shape index (κ2) is 14.1. The Morgan fingerprint density at radius 2 is 2.00 bits per heavy atom. The molecule has 2 rings (SSSR count). The number of rotatable bonds is 8. The van der Waals surface area contributed by atoms with Crippen molar-refractivity contribution in [1.29, 1.82) is 0 Å². The van der Waals surface area contributed by atoms with Gasteiger partial charge in [-0.3, -0.25) is 4.79 Å². The maximum absolute atomic E-state index is 13.4. The van der Waals surface area contributed by atoms with E-state index in [0.717, 1.165) is 82.5 Å². The van der Waals surface area contributed by atoms with Crippen molar-refractivity contribution in [2.75, 3.05) is 39.5 Å². The zero-order valence-electron chi connectivity index (χ0n) is 20.6. The van der Waals surface area contributed by atoms with Gasteiger partial charge in [-0.1, -0.05) is 19.4 Å². The maximum Gasteiger partial charge on any atom is 0.161 e. The van der Waals surface area contributed by atoms with Gasteiger partial charge < -0.3 is 19.1 Å². The van der Waals surface area contributed by atoms with E-state index in [0.29, 0.717) is 19.0 Å². The molecular formula is C26H45NO4. The van der Waals surface area contributed by atoms with Gasteiger partial charge >= 0.3 is 0 Å². The fourth-order valence-electron chi connectivity index (χ4n) is 4.51. The van der Waals surface area contributed by atoms with Crippen LogP contribution in [-0.2, 0) is 19.0 Å². The molecule has 0 saturated carbocycles. The number of carbonyl (C=O) groups is 1. The summed E-state index contributed by atoms with van der Waals surface area (Å²) in [6.45, 7) is 15.5. The molecule has 31 heavy (non-hydrogen) atoms. The van der Waals surface area contributed by atoms with Gasteiger partial charge in [-0.15, -0.1) is 0 Å². The molecule has 0 aromatic carbocycles. The second-order valence-corrected chi connectivity index (χ2v) is 9.23. The van der Waals surface area contributed by atoms with Crippen molar-refractivity contribution in [3.8, 4) is 0 Å². The largest absolute Gasteiger partial charge is 0.495 e. The van der Waals surface area contributed by atoms with Gasteiger partial charge in [-0.2, -0.15) is 0 Å². The smallest absolute Gasteiger partial charge is 0.161 e. The SMILES string of the molecule is CCOCC1CN(CC)CCCCC(C(=O)C2=CCC(OC(C)C)=C(C)C2)CCCO1. The fourth-order valence-corrected chi connectivity index (χ4v) is 4.51. The van der Waals surface area contributed by atoms with E-state index in [9.17, 15) is 4.79 Å². The van der Waals surface area contributed by atoms with Crippen LogP contribution < -0.4 is 0 Å². The number of likely N-dealkylation sites (N-methyl/N-ethyl adjacent to an activating group) is 1. The molecule has 0 aromatic heterocycles. The Balaban J connectivity index is 1.97. The van der Waals surface area contributed by atoms with Crippen molar-refractivity contribution >= 4 is 5.78 Å². The third kappa shape index (κ3) is 9.07. The standard InChI is InChI=1S/C26H45NO4/c1-6-27-15-9-8-11-22(12-10-16-30-24(18-27)19-29-7-2)26(28)23-13-14-25(21(5)17-23)31-20(3)4/h13,20,22,24H,6-12,14-19H2,1-5H3. The molecule has 0 radical (unpaired) electrons. The lowest BCUT2D eigenvalue weighted by Crippen LogP contribution is -2.38. The first-order chi connectivity index (χ1) is 14.9. The van der Waals surface area contributed by atoms with Gasteiger partial charge in [-0.05, 0) is 84.0 Å². The molecule has 2 aliphatic rings. The lowest BCUT2D eigenvalue weighted by Gasteiger charge is -2.28. The summed E-state index contributed by atoms with van der Waals surface area (Å²) in [7, 11) is 0.